The van der Waals surface area contributed by atoms with Gasteiger partial charge in [-0.3, -0.25) is 0 Å². The van der Waals surface area contributed by atoms with Crippen LogP contribution in [0.2, 0.25) is 0 Å². The molecule has 0 saturated carbocycles. The van der Waals surface area contributed by atoms with Crippen molar-refractivity contribution in [2.24, 2.45) is 0 Å². The lowest BCUT2D eigenvalue weighted by molar-refractivity contribution is 0.0600. The van der Waals surface area contributed by atoms with Crippen molar-refractivity contribution in [1.29, 1.82) is 0 Å². The van der Waals surface area contributed by atoms with Crippen molar-refractivity contribution < 1.29 is 14.3 Å². The lowest BCUT2D eigenvalue weighted by atomic mass is 10.1. The van der Waals surface area contributed by atoms with Crippen molar-refractivity contribution in [1.82, 2.24) is 20.4 Å². The quantitative estimate of drug-likeness (QED) is 0.659. The van der Waals surface area contributed by atoms with Gasteiger partial charge < -0.3 is 15.4 Å². The normalized spacial score (nSPS) is 10.3. The molecule has 2 N–H and O–H groups in total. The fraction of sp³-hybridized carbons (Fsp3) is 0.150. The molecule has 2 amide bonds. The molecular formula is C20H20N4O3. The number of carbonyl (C=O) groups excluding carboxylic acids is 2. The Morgan fingerprint density at radius 1 is 0.963 bits per heavy atom. The molecule has 3 aromatic rings. The van der Waals surface area contributed by atoms with E-state index in [0.717, 1.165) is 16.9 Å². The Morgan fingerprint density at radius 3 is 2.37 bits per heavy atom. The summed E-state index contributed by atoms with van der Waals surface area (Å²) in [5.74, 6) is -0.387. The third kappa shape index (κ3) is 4.94. The first-order valence-electron chi connectivity index (χ1n) is 8.44. The highest BCUT2D eigenvalue weighted by Crippen LogP contribution is 2.07. The minimum absolute atomic E-state index is 0.290. The van der Waals surface area contributed by atoms with E-state index in [1.54, 1.807) is 28.9 Å². The maximum absolute atomic E-state index is 12.0. The van der Waals surface area contributed by atoms with E-state index < -0.39 is 0 Å². The van der Waals surface area contributed by atoms with Crippen LogP contribution in [0.5, 0.6) is 0 Å². The van der Waals surface area contributed by atoms with E-state index in [4.69, 9.17) is 0 Å². The number of nitrogens with one attached hydrogen (secondary N) is 2. The molecule has 3 rings (SSSR count). The van der Waals surface area contributed by atoms with Gasteiger partial charge in [0.05, 0.1) is 30.6 Å². The molecule has 0 aliphatic rings. The molecular weight excluding hydrogens is 344 g/mol. The number of hydrogen-bond acceptors (Lipinski definition) is 4. The Hall–Kier alpha value is -3.61. The summed E-state index contributed by atoms with van der Waals surface area (Å²) in [6.45, 7) is 0.679. The van der Waals surface area contributed by atoms with Gasteiger partial charge in [0, 0.05) is 12.7 Å². The number of nitrogens with zero attached hydrogens (tertiary/aromatic N) is 2. The van der Waals surface area contributed by atoms with E-state index in [1.807, 2.05) is 42.6 Å². The third-order valence-corrected chi connectivity index (χ3v) is 3.92. The number of amides is 2. The molecule has 0 aliphatic heterocycles. The standard InChI is InChI=1S/C20H20N4O3/c1-27-19(25)16-9-7-15(8-10-16)13-21-20(26)22-14-17-11-12-24(23-17)18-5-3-2-4-6-18/h2-12H,13-14H2,1H3,(H2,21,22,26). The zero-order chi connectivity index (χ0) is 19.1. The van der Waals surface area contributed by atoms with Gasteiger partial charge in [0.15, 0.2) is 0 Å². The first-order chi connectivity index (χ1) is 13.2. The van der Waals surface area contributed by atoms with Gasteiger partial charge in [-0.05, 0) is 35.9 Å². The fourth-order valence-electron chi connectivity index (χ4n) is 2.47. The maximum Gasteiger partial charge on any atom is 0.337 e. The van der Waals surface area contributed by atoms with Crippen molar-refractivity contribution in [2.75, 3.05) is 7.11 Å². The Labute approximate surface area is 157 Å². The van der Waals surface area contributed by atoms with Crippen LogP contribution in [-0.4, -0.2) is 28.9 Å². The van der Waals surface area contributed by atoms with Gasteiger partial charge in [0.1, 0.15) is 0 Å². The highest BCUT2D eigenvalue weighted by molar-refractivity contribution is 5.89. The molecule has 1 heterocycles. The van der Waals surface area contributed by atoms with Gasteiger partial charge in [0.2, 0.25) is 0 Å². The second-order valence-electron chi connectivity index (χ2n) is 5.81. The highest BCUT2D eigenvalue weighted by Gasteiger charge is 2.06. The van der Waals surface area contributed by atoms with Crippen LogP contribution in [0.1, 0.15) is 21.6 Å². The Bertz CT molecular complexity index is 904. The number of rotatable bonds is 6. The summed E-state index contributed by atoms with van der Waals surface area (Å²) in [5, 5.41) is 9.98. The molecule has 7 heteroatoms. The molecule has 0 spiro atoms. The SMILES string of the molecule is COC(=O)c1ccc(CNC(=O)NCc2ccn(-c3ccccc3)n2)cc1. The number of carbonyl (C=O) groups is 2. The summed E-state index contributed by atoms with van der Waals surface area (Å²) in [5.41, 5.74) is 3.07. The average Bonchev–Trinajstić information content (AvgIpc) is 3.20. The summed E-state index contributed by atoms with van der Waals surface area (Å²) >= 11 is 0. The van der Waals surface area contributed by atoms with E-state index in [2.05, 4.69) is 20.5 Å². The summed E-state index contributed by atoms with van der Waals surface area (Å²) in [7, 11) is 1.34. The summed E-state index contributed by atoms with van der Waals surface area (Å²) in [4.78, 5) is 23.4. The molecule has 7 nitrogen and oxygen atoms in total. The van der Waals surface area contributed by atoms with Gasteiger partial charge >= 0.3 is 12.0 Å². The van der Waals surface area contributed by atoms with E-state index in [1.165, 1.54) is 7.11 Å². The van der Waals surface area contributed by atoms with E-state index >= 15 is 0 Å². The molecule has 27 heavy (non-hydrogen) atoms. The number of esters is 1. The predicted molar refractivity (Wildman–Crippen MR) is 100 cm³/mol. The smallest absolute Gasteiger partial charge is 0.337 e. The van der Waals surface area contributed by atoms with Crippen LogP contribution in [0.25, 0.3) is 5.69 Å². The number of ether oxygens (including phenoxy) is 1. The topological polar surface area (TPSA) is 85.2 Å². The Kier molecular flexibility index (Phi) is 5.84. The zero-order valence-electron chi connectivity index (χ0n) is 14.9. The minimum Gasteiger partial charge on any atom is -0.465 e. The van der Waals surface area contributed by atoms with Crippen molar-refractivity contribution in [3.63, 3.8) is 0 Å². The molecule has 0 unspecified atom stereocenters. The number of urea groups is 1. The van der Waals surface area contributed by atoms with Gasteiger partial charge in [0.25, 0.3) is 0 Å². The monoisotopic (exact) mass is 364 g/mol. The summed E-state index contributed by atoms with van der Waals surface area (Å²) < 4.78 is 6.41. The number of para-hydroxylation sites is 1. The van der Waals surface area contributed by atoms with E-state index in [-0.39, 0.29) is 12.0 Å². The number of methoxy groups -OCH3 is 1. The van der Waals surface area contributed by atoms with Crippen molar-refractivity contribution >= 4 is 12.0 Å². The molecule has 138 valence electrons. The third-order valence-electron chi connectivity index (χ3n) is 3.92. The molecule has 0 saturated heterocycles. The van der Waals surface area contributed by atoms with Gasteiger partial charge in [-0.2, -0.15) is 5.10 Å². The number of hydrogen-bond donors (Lipinski definition) is 2. The Balaban J connectivity index is 1.46. The minimum atomic E-state index is -0.387. The van der Waals surface area contributed by atoms with Crippen LogP contribution in [-0.2, 0) is 17.8 Å². The molecule has 0 fully saturated rings. The lowest BCUT2D eigenvalue weighted by Crippen LogP contribution is -2.34. The van der Waals surface area contributed by atoms with Crippen LogP contribution >= 0.6 is 0 Å². The molecule has 2 aromatic carbocycles. The lowest BCUT2D eigenvalue weighted by Gasteiger charge is -2.07. The Morgan fingerprint density at radius 2 is 1.67 bits per heavy atom. The molecule has 0 bridgehead atoms. The predicted octanol–water partition coefficient (Wildman–Crippen LogP) is 2.66. The summed E-state index contributed by atoms with van der Waals surface area (Å²) in [6, 6.07) is 18.2. The summed E-state index contributed by atoms with van der Waals surface area (Å²) in [6.07, 6.45) is 1.85. The maximum atomic E-state index is 12.0. The number of benzene rings is 2. The van der Waals surface area contributed by atoms with Crippen LogP contribution in [0.3, 0.4) is 0 Å². The van der Waals surface area contributed by atoms with Crippen LogP contribution < -0.4 is 10.6 Å². The fourth-order valence-corrected chi connectivity index (χ4v) is 2.47. The van der Waals surface area contributed by atoms with Gasteiger partial charge in [-0.1, -0.05) is 30.3 Å². The number of aromatic nitrogens is 2. The van der Waals surface area contributed by atoms with Crippen LogP contribution in [0, 0.1) is 0 Å². The van der Waals surface area contributed by atoms with Crippen molar-refractivity contribution in [3.05, 3.63) is 83.7 Å². The average molecular weight is 364 g/mol. The zero-order valence-corrected chi connectivity index (χ0v) is 14.9. The highest BCUT2D eigenvalue weighted by atomic mass is 16.5. The van der Waals surface area contributed by atoms with Gasteiger partial charge in [-0.15, -0.1) is 0 Å². The van der Waals surface area contributed by atoms with Crippen molar-refractivity contribution in [3.8, 4) is 5.69 Å². The largest absolute Gasteiger partial charge is 0.465 e. The van der Waals surface area contributed by atoms with E-state index in [9.17, 15) is 9.59 Å². The first-order valence-corrected chi connectivity index (χ1v) is 8.44. The molecule has 0 aliphatic carbocycles. The van der Waals surface area contributed by atoms with E-state index in [0.29, 0.717) is 18.7 Å². The second-order valence-corrected chi connectivity index (χ2v) is 5.81. The van der Waals surface area contributed by atoms with Crippen LogP contribution in [0.4, 0.5) is 4.79 Å². The first kappa shape index (κ1) is 18.2. The molecule has 1 aromatic heterocycles. The van der Waals surface area contributed by atoms with Crippen molar-refractivity contribution in [2.45, 2.75) is 13.1 Å². The molecule has 0 atom stereocenters. The van der Waals surface area contributed by atoms with Crippen LogP contribution in [0.15, 0.2) is 66.9 Å². The van der Waals surface area contributed by atoms with Gasteiger partial charge in [-0.25, -0.2) is 14.3 Å². The molecule has 0 radical (unpaired) electrons. The second kappa shape index (κ2) is 8.66.